The highest BCUT2D eigenvalue weighted by molar-refractivity contribution is 7.99. The first-order valence-corrected chi connectivity index (χ1v) is 11.9. The van der Waals surface area contributed by atoms with Crippen LogP contribution in [0.4, 0.5) is 11.4 Å². The van der Waals surface area contributed by atoms with Crippen LogP contribution in [0.2, 0.25) is 0 Å². The van der Waals surface area contributed by atoms with Gasteiger partial charge in [0.15, 0.2) is 6.61 Å². The minimum absolute atomic E-state index is 0.175. The van der Waals surface area contributed by atoms with E-state index in [2.05, 4.69) is 48.3 Å². The number of benzene rings is 2. The number of esters is 1. The number of hydrogen-bond donors (Lipinski definition) is 1. The molecule has 1 amide bonds. The molecule has 1 aliphatic carbocycles. The highest BCUT2D eigenvalue weighted by Crippen LogP contribution is 2.47. The van der Waals surface area contributed by atoms with Gasteiger partial charge in [-0.3, -0.25) is 9.59 Å². The third-order valence-electron chi connectivity index (χ3n) is 6.49. The van der Waals surface area contributed by atoms with E-state index in [1.807, 2.05) is 24.3 Å². The molecule has 2 aromatic carbocycles. The van der Waals surface area contributed by atoms with Crippen molar-refractivity contribution in [1.82, 2.24) is 5.32 Å². The van der Waals surface area contributed by atoms with Crippen LogP contribution in [0.1, 0.15) is 39.5 Å². The van der Waals surface area contributed by atoms with Gasteiger partial charge in [0.1, 0.15) is 0 Å². The molecule has 3 unspecified atom stereocenters. The van der Waals surface area contributed by atoms with E-state index < -0.39 is 0 Å². The molecule has 6 heteroatoms. The molecule has 0 aromatic heterocycles. The van der Waals surface area contributed by atoms with Crippen molar-refractivity contribution in [1.29, 1.82) is 0 Å². The minimum atomic E-state index is -0.353. The summed E-state index contributed by atoms with van der Waals surface area (Å²) in [6.07, 6.45) is 3.56. The number of hydrogen-bond acceptors (Lipinski definition) is 5. The number of anilines is 2. The van der Waals surface area contributed by atoms with E-state index in [-0.39, 0.29) is 30.9 Å². The molecule has 5 nitrogen and oxygen atoms in total. The summed E-state index contributed by atoms with van der Waals surface area (Å²) in [5, 5.41) is 3.06. The number of nitrogens with one attached hydrogen (secondary N) is 1. The second-order valence-electron chi connectivity index (χ2n) is 8.54. The summed E-state index contributed by atoms with van der Waals surface area (Å²) in [4.78, 5) is 29.2. The smallest absolute Gasteiger partial charge is 0.308 e. The van der Waals surface area contributed by atoms with E-state index in [0.29, 0.717) is 18.4 Å². The normalized spacial score (nSPS) is 22.3. The van der Waals surface area contributed by atoms with E-state index >= 15 is 0 Å². The third-order valence-corrected chi connectivity index (χ3v) is 7.62. The Morgan fingerprint density at radius 3 is 2.35 bits per heavy atom. The second kappa shape index (κ2) is 9.77. The molecule has 1 saturated carbocycles. The van der Waals surface area contributed by atoms with Gasteiger partial charge in [-0.1, -0.05) is 62.7 Å². The molecule has 31 heavy (non-hydrogen) atoms. The SMILES string of the molecule is CC1CCCC(NC(=O)COC(=O)CCN2c3ccccc3Sc3ccccc32)C1C. The lowest BCUT2D eigenvalue weighted by atomic mass is 9.78. The Kier molecular flexibility index (Phi) is 6.86. The molecule has 4 rings (SSSR count). The van der Waals surface area contributed by atoms with Gasteiger partial charge in [-0.25, -0.2) is 0 Å². The summed E-state index contributed by atoms with van der Waals surface area (Å²) in [7, 11) is 0. The van der Waals surface area contributed by atoms with Crippen LogP contribution in [-0.4, -0.2) is 31.1 Å². The number of rotatable bonds is 6. The van der Waals surface area contributed by atoms with Crippen LogP contribution in [0.5, 0.6) is 0 Å². The summed E-state index contributed by atoms with van der Waals surface area (Å²) in [6.45, 7) is 4.72. The van der Waals surface area contributed by atoms with Crippen molar-refractivity contribution in [3.8, 4) is 0 Å². The van der Waals surface area contributed by atoms with Crippen LogP contribution >= 0.6 is 11.8 Å². The maximum Gasteiger partial charge on any atom is 0.308 e. The van der Waals surface area contributed by atoms with E-state index in [4.69, 9.17) is 4.74 Å². The Hall–Kier alpha value is -2.47. The molecule has 1 N–H and O–H groups in total. The van der Waals surface area contributed by atoms with Crippen molar-refractivity contribution in [3.05, 3.63) is 48.5 Å². The molecule has 1 heterocycles. The highest BCUT2D eigenvalue weighted by Gasteiger charge is 2.28. The summed E-state index contributed by atoms with van der Waals surface area (Å²) in [5.41, 5.74) is 2.19. The molecule has 164 valence electrons. The van der Waals surface area contributed by atoms with Gasteiger partial charge in [-0.15, -0.1) is 0 Å². The van der Waals surface area contributed by atoms with Crippen molar-refractivity contribution in [2.24, 2.45) is 11.8 Å². The van der Waals surface area contributed by atoms with Crippen LogP contribution in [-0.2, 0) is 14.3 Å². The maximum absolute atomic E-state index is 12.4. The lowest BCUT2D eigenvalue weighted by Gasteiger charge is -2.34. The summed E-state index contributed by atoms with van der Waals surface area (Å²) in [6, 6.07) is 16.6. The first-order chi connectivity index (χ1) is 15.0. The number of nitrogens with zero attached hydrogens (tertiary/aromatic N) is 1. The van der Waals surface area contributed by atoms with Crippen LogP contribution in [0.3, 0.4) is 0 Å². The summed E-state index contributed by atoms with van der Waals surface area (Å²) >= 11 is 1.74. The predicted octanol–water partition coefficient (Wildman–Crippen LogP) is 5.16. The van der Waals surface area contributed by atoms with Crippen LogP contribution in [0.25, 0.3) is 0 Å². The van der Waals surface area contributed by atoms with Crippen molar-refractivity contribution >= 4 is 35.0 Å². The third kappa shape index (κ3) is 5.06. The first kappa shape index (κ1) is 21.8. The zero-order valence-electron chi connectivity index (χ0n) is 18.2. The van der Waals surface area contributed by atoms with E-state index in [9.17, 15) is 9.59 Å². The van der Waals surface area contributed by atoms with Crippen LogP contribution in [0, 0.1) is 11.8 Å². The fraction of sp³-hybridized carbons (Fsp3) is 0.440. The summed E-state index contributed by atoms with van der Waals surface area (Å²) in [5.74, 6) is 0.498. The highest BCUT2D eigenvalue weighted by atomic mass is 32.2. The summed E-state index contributed by atoms with van der Waals surface area (Å²) < 4.78 is 5.29. The second-order valence-corrected chi connectivity index (χ2v) is 9.62. The zero-order chi connectivity index (χ0) is 21.8. The number of carbonyl (C=O) groups excluding carboxylic acids is 2. The topological polar surface area (TPSA) is 58.6 Å². The van der Waals surface area contributed by atoms with Gasteiger partial charge < -0.3 is 15.0 Å². The lowest BCUT2D eigenvalue weighted by molar-refractivity contribution is -0.148. The molecular formula is C25H30N2O3S. The Morgan fingerprint density at radius 2 is 1.68 bits per heavy atom. The van der Waals surface area contributed by atoms with E-state index in [1.165, 1.54) is 16.2 Å². The van der Waals surface area contributed by atoms with Crippen molar-refractivity contribution in [3.63, 3.8) is 0 Å². The molecule has 3 atom stereocenters. The van der Waals surface area contributed by atoms with Crippen molar-refractivity contribution < 1.29 is 14.3 Å². The number of para-hydroxylation sites is 2. The Morgan fingerprint density at radius 1 is 1.03 bits per heavy atom. The Labute approximate surface area is 188 Å². The molecule has 1 aliphatic heterocycles. The van der Waals surface area contributed by atoms with Gasteiger partial charge in [0, 0.05) is 22.4 Å². The van der Waals surface area contributed by atoms with Crippen molar-refractivity contribution in [2.75, 3.05) is 18.1 Å². The number of fused-ring (bicyclic) bond motifs is 2. The maximum atomic E-state index is 12.4. The fourth-order valence-electron chi connectivity index (χ4n) is 4.48. The molecule has 1 fully saturated rings. The van der Waals surface area contributed by atoms with Gasteiger partial charge in [-0.2, -0.15) is 0 Å². The van der Waals surface area contributed by atoms with E-state index in [0.717, 1.165) is 24.2 Å². The molecule has 2 aromatic rings. The van der Waals surface area contributed by atoms with Gasteiger partial charge in [0.05, 0.1) is 17.8 Å². The first-order valence-electron chi connectivity index (χ1n) is 11.1. The Balaban J connectivity index is 1.31. The van der Waals surface area contributed by atoms with Gasteiger partial charge >= 0.3 is 5.97 Å². The largest absolute Gasteiger partial charge is 0.456 e. The monoisotopic (exact) mass is 438 g/mol. The fourth-order valence-corrected chi connectivity index (χ4v) is 5.57. The molecular weight excluding hydrogens is 408 g/mol. The van der Waals surface area contributed by atoms with Gasteiger partial charge in [0.25, 0.3) is 5.91 Å². The molecule has 0 spiro atoms. The molecule has 2 aliphatic rings. The average Bonchev–Trinajstić information content (AvgIpc) is 2.78. The van der Waals surface area contributed by atoms with Crippen LogP contribution < -0.4 is 10.2 Å². The number of carbonyl (C=O) groups is 2. The van der Waals surface area contributed by atoms with E-state index in [1.54, 1.807) is 11.8 Å². The average molecular weight is 439 g/mol. The molecule has 0 saturated heterocycles. The minimum Gasteiger partial charge on any atom is -0.456 e. The predicted molar refractivity (Wildman–Crippen MR) is 124 cm³/mol. The number of amides is 1. The molecule has 0 bridgehead atoms. The molecule has 0 radical (unpaired) electrons. The van der Waals surface area contributed by atoms with Gasteiger partial charge in [-0.05, 0) is 42.5 Å². The zero-order valence-corrected chi connectivity index (χ0v) is 19.0. The lowest BCUT2D eigenvalue weighted by Crippen LogP contribution is -2.45. The standard InChI is InChI=1S/C25H30N2O3S/c1-17-8-7-9-19(18(17)2)26-24(28)16-30-25(29)14-15-27-20-10-3-5-12-22(20)31-23-13-6-4-11-21(23)27/h3-6,10-13,17-19H,7-9,14-16H2,1-2H3,(H,26,28). The Bertz CT molecular complexity index is 902. The quantitative estimate of drug-likeness (QED) is 0.631. The van der Waals surface area contributed by atoms with Gasteiger partial charge in [0.2, 0.25) is 0 Å². The van der Waals surface area contributed by atoms with Crippen molar-refractivity contribution in [2.45, 2.75) is 55.4 Å². The number of ether oxygens (including phenoxy) is 1. The van der Waals surface area contributed by atoms with Crippen LogP contribution in [0.15, 0.2) is 58.3 Å².